The zero-order valence-corrected chi connectivity index (χ0v) is 9.05. The molecule has 3 nitrogen and oxygen atoms in total. The Morgan fingerprint density at radius 2 is 2.20 bits per heavy atom. The van der Waals surface area contributed by atoms with Crippen molar-refractivity contribution >= 4 is 18.4 Å². The van der Waals surface area contributed by atoms with Crippen LogP contribution in [0.3, 0.4) is 0 Å². The number of nitrogens with two attached hydrogens (primary N) is 1. The highest BCUT2D eigenvalue weighted by molar-refractivity contribution is 5.85. The fourth-order valence-corrected chi connectivity index (χ4v) is 1.10. The first-order valence-corrected chi connectivity index (χ1v) is 4.24. The third-order valence-electron chi connectivity index (χ3n) is 2.01. The normalized spacial score (nSPS) is 11.7. The number of hydrogen-bond acceptors (Lipinski definition) is 2. The van der Waals surface area contributed by atoms with E-state index in [1.807, 2.05) is 0 Å². The van der Waals surface area contributed by atoms with Gasteiger partial charge in [-0.15, -0.1) is 12.4 Å². The summed E-state index contributed by atoms with van der Waals surface area (Å²) in [5, 5.41) is 8.55. The van der Waals surface area contributed by atoms with Crippen LogP contribution in [0.4, 0.5) is 4.39 Å². The lowest BCUT2D eigenvalue weighted by molar-refractivity contribution is -0.138. The van der Waals surface area contributed by atoms with Gasteiger partial charge in [0.25, 0.3) is 0 Å². The molecule has 0 aliphatic heterocycles. The topological polar surface area (TPSA) is 63.3 Å². The van der Waals surface area contributed by atoms with E-state index in [1.165, 1.54) is 6.07 Å². The molecule has 3 N–H and O–H groups in total. The van der Waals surface area contributed by atoms with Crippen LogP contribution in [-0.2, 0) is 11.2 Å². The van der Waals surface area contributed by atoms with Crippen LogP contribution < -0.4 is 5.73 Å². The Kier molecular flexibility index (Phi) is 5.25. The molecule has 15 heavy (non-hydrogen) atoms. The quantitative estimate of drug-likeness (QED) is 0.832. The van der Waals surface area contributed by atoms with Crippen molar-refractivity contribution in [2.75, 3.05) is 0 Å². The Morgan fingerprint density at radius 1 is 1.60 bits per heavy atom. The molecule has 0 aliphatic rings. The minimum Gasteiger partial charge on any atom is -0.480 e. The number of carboxylic acids is 1. The van der Waals surface area contributed by atoms with Gasteiger partial charge in [-0.05, 0) is 30.5 Å². The maximum absolute atomic E-state index is 13.0. The minimum absolute atomic E-state index is 0. The predicted molar refractivity (Wildman–Crippen MR) is 57.7 cm³/mol. The third-order valence-corrected chi connectivity index (χ3v) is 2.01. The molecule has 0 aromatic heterocycles. The summed E-state index contributed by atoms with van der Waals surface area (Å²) in [6.45, 7) is 1.65. The maximum Gasteiger partial charge on any atom is 0.320 e. The third kappa shape index (κ3) is 3.85. The molecule has 1 aromatic rings. The summed E-state index contributed by atoms with van der Waals surface area (Å²) in [7, 11) is 0. The van der Waals surface area contributed by atoms with Gasteiger partial charge in [-0.3, -0.25) is 4.79 Å². The molecule has 0 bridgehead atoms. The Balaban J connectivity index is 0.00000196. The van der Waals surface area contributed by atoms with E-state index in [-0.39, 0.29) is 24.6 Å². The van der Waals surface area contributed by atoms with Gasteiger partial charge in [0, 0.05) is 0 Å². The predicted octanol–water partition coefficient (Wildman–Crippen LogP) is 1.51. The van der Waals surface area contributed by atoms with E-state index in [2.05, 4.69) is 0 Å². The van der Waals surface area contributed by atoms with Crippen molar-refractivity contribution in [3.05, 3.63) is 35.1 Å². The summed E-state index contributed by atoms with van der Waals surface area (Å²) in [5.74, 6) is -1.41. The van der Waals surface area contributed by atoms with Gasteiger partial charge >= 0.3 is 5.97 Å². The highest BCUT2D eigenvalue weighted by Crippen LogP contribution is 2.10. The number of hydrogen-bond donors (Lipinski definition) is 2. The molecule has 84 valence electrons. The lowest BCUT2D eigenvalue weighted by Gasteiger charge is -2.06. The van der Waals surface area contributed by atoms with Crippen LogP contribution >= 0.6 is 12.4 Å². The lowest BCUT2D eigenvalue weighted by Crippen LogP contribution is -2.32. The largest absolute Gasteiger partial charge is 0.480 e. The zero-order valence-electron chi connectivity index (χ0n) is 8.24. The number of aliphatic carboxylic acids is 1. The zero-order chi connectivity index (χ0) is 10.7. The monoisotopic (exact) mass is 233 g/mol. The van der Waals surface area contributed by atoms with Gasteiger partial charge in [-0.2, -0.15) is 0 Å². The van der Waals surface area contributed by atoms with E-state index in [0.29, 0.717) is 11.1 Å². The molecule has 1 aromatic carbocycles. The van der Waals surface area contributed by atoms with Crippen molar-refractivity contribution in [2.45, 2.75) is 19.4 Å². The van der Waals surface area contributed by atoms with Crippen molar-refractivity contribution in [2.24, 2.45) is 5.73 Å². The number of carbonyl (C=O) groups is 1. The second-order valence-corrected chi connectivity index (χ2v) is 3.23. The lowest BCUT2D eigenvalue weighted by atomic mass is 10.0. The fourth-order valence-electron chi connectivity index (χ4n) is 1.10. The summed E-state index contributed by atoms with van der Waals surface area (Å²) < 4.78 is 13.0. The number of aryl methyl sites for hydroxylation is 1. The van der Waals surface area contributed by atoms with Crippen LogP contribution in [0.2, 0.25) is 0 Å². The second-order valence-electron chi connectivity index (χ2n) is 3.23. The van der Waals surface area contributed by atoms with Crippen molar-refractivity contribution in [1.82, 2.24) is 0 Å². The molecule has 0 fully saturated rings. The molecule has 0 unspecified atom stereocenters. The number of benzene rings is 1. The van der Waals surface area contributed by atoms with Crippen molar-refractivity contribution in [1.29, 1.82) is 0 Å². The van der Waals surface area contributed by atoms with Crippen LogP contribution in [0.5, 0.6) is 0 Å². The van der Waals surface area contributed by atoms with E-state index in [9.17, 15) is 9.18 Å². The molecule has 0 spiro atoms. The molecule has 0 heterocycles. The Bertz CT molecular complexity index is 357. The molecule has 5 heteroatoms. The summed E-state index contributed by atoms with van der Waals surface area (Å²) >= 11 is 0. The average Bonchev–Trinajstić information content (AvgIpc) is 2.11. The van der Waals surface area contributed by atoms with E-state index >= 15 is 0 Å². The number of carboxylic acid groups (broad SMARTS) is 1. The van der Waals surface area contributed by atoms with Gasteiger partial charge in [0.05, 0.1) is 0 Å². The maximum atomic E-state index is 13.0. The molecule has 0 radical (unpaired) electrons. The first kappa shape index (κ1) is 13.9. The highest BCUT2D eigenvalue weighted by atomic mass is 35.5. The summed E-state index contributed by atoms with van der Waals surface area (Å²) in [6.07, 6.45) is 0.145. The summed E-state index contributed by atoms with van der Waals surface area (Å²) in [5.41, 5.74) is 6.45. The summed E-state index contributed by atoms with van der Waals surface area (Å²) in [4.78, 5) is 10.4. The van der Waals surface area contributed by atoms with E-state index in [1.54, 1.807) is 19.1 Å². The molecular weight excluding hydrogens is 221 g/mol. The van der Waals surface area contributed by atoms with E-state index in [4.69, 9.17) is 10.8 Å². The standard InChI is InChI=1S/C10H12FNO2.ClH/c1-6-2-3-7(4-8(6)11)5-9(12)10(13)14;/h2-4,9H,5,12H2,1H3,(H,13,14);1H/t9-;/m0./s1. The van der Waals surface area contributed by atoms with Gasteiger partial charge in [-0.1, -0.05) is 12.1 Å². The smallest absolute Gasteiger partial charge is 0.320 e. The van der Waals surface area contributed by atoms with Gasteiger partial charge in [0.15, 0.2) is 0 Å². The van der Waals surface area contributed by atoms with Crippen molar-refractivity contribution in [3.8, 4) is 0 Å². The molecule has 0 saturated heterocycles. The van der Waals surface area contributed by atoms with Crippen LogP contribution in [0.15, 0.2) is 18.2 Å². The molecule has 1 rings (SSSR count). The first-order chi connectivity index (χ1) is 6.50. The van der Waals surface area contributed by atoms with E-state index < -0.39 is 12.0 Å². The Morgan fingerprint density at radius 3 is 2.67 bits per heavy atom. The van der Waals surface area contributed by atoms with Crippen LogP contribution in [0.1, 0.15) is 11.1 Å². The molecular formula is C10H13ClFNO2. The molecule has 0 amide bonds. The highest BCUT2D eigenvalue weighted by Gasteiger charge is 2.12. The Labute approximate surface area is 93.5 Å². The van der Waals surface area contributed by atoms with Gasteiger partial charge < -0.3 is 10.8 Å². The minimum atomic E-state index is -1.08. The molecule has 0 saturated carbocycles. The molecule has 1 atom stereocenters. The molecule has 0 aliphatic carbocycles. The first-order valence-electron chi connectivity index (χ1n) is 4.24. The second kappa shape index (κ2) is 5.68. The van der Waals surface area contributed by atoms with E-state index in [0.717, 1.165) is 0 Å². The Hall–Kier alpha value is -1.13. The number of halogens is 2. The fraction of sp³-hybridized carbons (Fsp3) is 0.300. The van der Waals surface area contributed by atoms with Gasteiger partial charge in [0.1, 0.15) is 11.9 Å². The van der Waals surface area contributed by atoms with Gasteiger partial charge in [-0.25, -0.2) is 4.39 Å². The average molecular weight is 234 g/mol. The van der Waals surface area contributed by atoms with Gasteiger partial charge in [0.2, 0.25) is 0 Å². The summed E-state index contributed by atoms with van der Waals surface area (Å²) in [6, 6.07) is 3.63. The van der Waals surface area contributed by atoms with Crippen LogP contribution in [-0.4, -0.2) is 17.1 Å². The van der Waals surface area contributed by atoms with Crippen molar-refractivity contribution in [3.63, 3.8) is 0 Å². The SMILES string of the molecule is Cc1ccc(C[C@H](N)C(=O)O)cc1F.Cl. The van der Waals surface area contributed by atoms with Crippen LogP contribution in [0.25, 0.3) is 0 Å². The van der Waals surface area contributed by atoms with Crippen molar-refractivity contribution < 1.29 is 14.3 Å². The van der Waals surface area contributed by atoms with Crippen LogP contribution in [0, 0.1) is 12.7 Å². The number of rotatable bonds is 3.